The van der Waals surface area contributed by atoms with Crippen molar-refractivity contribution in [2.24, 2.45) is 5.73 Å². The van der Waals surface area contributed by atoms with Gasteiger partial charge in [-0.2, -0.15) is 0 Å². The Morgan fingerprint density at radius 1 is 1.06 bits per heavy atom. The number of hydrogen-bond donors (Lipinski definition) is 2. The Labute approximate surface area is 111 Å². The van der Waals surface area contributed by atoms with E-state index in [-0.39, 0.29) is 11.9 Å². The van der Waals surface area contributed by atoms with Crippen LogP contribution in [0, 0.1) is 5.82 Å². The van der Waals surface area contributed by atoms with Crippen LogP contribution in [0.3, 0.4) is 0 Å². The number of nitrogens with two attached hydrogens (primary N) is 1. The number of halogens is 2. The molecule has 0 bridgehead atoms. The molecule has 0 aromatic heterocycles. The minimum Gasteiger partial charge on any atom is -0.377 e. The second kappa shape index (κ2) is 5.85. The van der Waals surface area contributed by atoms with Crippen LogP contribution < -0.4 is 11.1 Å². The van der Waals surface area contributed by atoms with Crippen molar-refractivity contribution in [3.63, 3.8) is 0 Å². The zero-order valence-electron chi connectivity index (χ0n) is 9.74. The molecule has 0 aliphatic carbocycles. The third kappa shape index (κ3) is 3.22. The molecule has 1 unspecified atom stereocenters. The summed E-state index contributed by atoms with van der Waals surface area (Å²) in [6.07, 6.45) is 0. The Hall–Kier alpha value is -1.58. The zero-order chi connectivity index (χ0) is 13.0. The number of rotatable bonds is 4. The number of nitrogens with one attached hydrogen (secondary N) is 1. The summed E-state index contributed by atoms with van der Waals surface area (Å²) in [5.74, 6) is -0.249. The Kier molecular flexibility index (Phi) is 4.18. The monoisotopic (exact) mass is 264 g/mol. The molecule has 3 N–H and O–H groups in total. The number of anilines is 1. The lowest BCUT2D eigenvalue weighted by Gasteiger charge is -2.18. The molecule has 0 amide bonds. The first kappa shape index (κ1) is 12.9. The fourth-order valence-corrected chi connectivity index (χ4v) is 1.85. The van der Waals surface area contributed by atoms with Gasteiger partial charge in [-0.15, -0.1) is 0 Å². The molecule has 18 heavy (non-hydrogen) atoms. The van der Waals surface area contributed by atoms with Crippen LogP contribution in [0.2, 0.25) is 5.02 Å². The highest BCUT2D eigenvalue weighted by Crippen LogP contribution is 2.20. The van der Waals surface area contributed by atoms with Crippen LogP contribution in [0.15, 0.2) is 48.5 Å². The van der Waals surface area contributed by atoms with E-state index >= 15 is 0 Å². The van der Waals surface area contributed by atoms with Crippen LogP contribution >= 0.6 is 11.6 Å². The van der Waals surface area contributed by atoms with E-state index in [1.54, 1.807) is 12.1 Å². The molecular weight excluding hydrogens is 251 g/mol. The molecule has 0 saturated heterocycles. The highest BCUT2D eigenvalue weighted by molar-refractivity contribution is 6.30. The average molecular weight is 265 g/mol. The predicted octanol–water partition coefficient (Wildman–Crippen LogP) is 3.59. The van der Waals surface area contributed by atoms with Gasteiger partial charge in [0.05, 0.1) is 6.04 Å². The Morgan fingerprint density at radius 2 is 1.67 bits per heavy atom. The molecule has 2 aromatic carbocycles. The first-order valence-corrected chi connectivity index (χ1v) is 6.04. The van der Waals surface area contributed by atoms with E-state index in [1.807, 2.05) is 24.3 Å². The quantitative estimate of drug-likeness (QED) is 0.886. The van der Waals surface area contributed by atoms with E-state index in [0.717, 1.165) is 11.3 Å². The summed E-state index contributed by atoms with van der Waals surface area (Å²) < 4.78 is 12.9. The molecule has 0 fully saturated rings. The van der Waals surface area contributed by atoms with Gasteiger partial charge in [-0.05, 0) is 42.0 Å². The second-order valence-electron chi connectivity index (χ2n) is 3.99. The first-order valence-electron chi connectivity index (χ1n) is 5.66. The summed E-state index contributed by atoms with van der Waals surface area (Å²) in [6, 6.07) is 13.7. The normalized spacial score (nSPS) is 12.2. The zero-order valence-corrected chi connectivity index (χ0v) is 10.5. The van der Waals surface area contributed by atoms with Gasteiger partial charge in [0.15, 0.2) is 0 Å². The molecule has 2 aromatic rings. The van der Waals surface area contributed by atoms with Crippen molar-refractivity contribution in [2.75, 3.05) is 11.9 Å². The Bertz CT molecular complexity index is 496. The number of hydrogen-bond acceptors (Lipinski definition) is 2. The van der Waals surface area contributed by atoms with Crippen molar-refractivity contribution < 1.29 is 4.39 Å². The third-order valence-corrected chi connectivity index (χ3v) is 2.95. The summed E-state index contributed by atoms with van der Waals surface area (Å²) in [5, 5.41) is 3.97. The molecule has 1 atom stereocenters. The van der Waals surface area contributed by atoms with Gasteiger partial charge in [-0.3, -0.25) is 0 Å². The van der Waals surface area contributed by atoms with Crippen molar-refractivity contribution in [2.45, 2.75) is 6.04 Å². The summed E-state index contributed by atoms with van der Waals surface area (Å²) in [6.45, 7) is 0.425. The molecule has 2 nitrogen and oxygen atoms in total. The number of benzene rings is 2. The highest BCUT2D eigenvalue weighted by atomic mass is 35.5. The molecule has 2 rings (SSSR count). The summed E-state index contributed by atoms with van der Waals surface area (Å²) in [4.78, 5) is 0. The van der Waals surface area contributed by atoms with Crippen molar-refractivity contribution in [1.29, 1.82) is 0 Å². The van der Waals surface area contributed by atoms with E-state index in [1.165, 1.54) is 12.1 Å². The van der Waals surface area contributed by atoms with Gasteiger partial charge in [0.25, 0.3) is 0 Å². The molecule has 4 heteroatoms. The van der Waals surface area contributed by atoms with Crippen molar-refractivity contribution in [3.8, 4) is 0 Å². The van der Waals surface area contributed by atoms with Gasteiger partial charge < -0.3 is 11.1 Å². The first-order chi connectivity index (χ1) is 8.69. The van der Waals surface area contributed by atoms with E-state index in [9.17, 15) is 4.39 Å². The van der Waals surface area contributed by atoms with Gasteiger partial charge in [-0.25, -0.2) is 4.39 Å². The standard InChI is InChI=1S/C14H14ClFN2/c15-11-3-7-13(8-4-11)18-14(9-17)10-1-5-12(16)6-2-10/h1-8,14,18H,9,17H2. The van der Waals surface area contributed by atoms with E-state index in [0.29, 0.717) is 11.6 Å². The average Bonchev–Trinajstić information content (AvgIpc) is 2.39. The van der Waals surface area contributed by atoms with Gasteiger partial charge in [0.1, 0.15) is 5.82 Å². The maximum absolute atomic E-state index is 12.9. The van der Waals surface area contributed by atoms with Crippen LogP contribution in [-0.2, 0) is 0 Å². The van der Waals surface area contributed by atoms with Crippen molar-refractivity contribution in [1.82, 2.24) is 0 Å². The summed E-state index contributed by atoms with van der Waals surface area (Å²) in [7, 11) is 0. The molecule has 0 aliphatic heterocycles. The largest absolute Gasteiger partial charge is 0.377 e. The SMILES string of the molecule is NCC(Nc1ccc(Cl)cc1)c1ccc(F)cc1. The van der Waals surface area contributed by atoms with Gasteiger partial charge in [0.2, 0.25) is 0 Å². The smallest absolute Gasteiger partial charge is 0.123 e. The van der Waals surface area contributed by atoms with E-state index < -0.39 is 0 Å². The van der Waals surface area contributed by atoms with Crippen molar-refractivity contribution in [3.05, 3.63) is 64.9 Å². The maximum atomic E-state index is 12.9. The van der Waals surface area contributed by atoms with Crippen LogP contribution in [-0.4, -0.2) is 6.54 Å². The Morgan fingerprint density at radius 3 is 2.22 bits per heavy atom. The third-order valence-electron chi connectivity index (χ3n) is 2.69. The fourth-order valence-electron chi connectivity index (χ4n) is 1.72. The van der Waals surface area contributed by atoms with E-state index in [4.69, 9.17) is 17.3 Å². The van der Waals surface area contributed by atoms with Crippen LogP contribution in [0.25, 0.3) is 0 Å². The van der Waals surface area contributed by atoms with E-state index in [2.05, 4.69) is 5.32 Å². The summed E-state index contributed by atoms with van der Waals surface area (Å²) >= 11 is 5.82. The molecule has 0 radical (unpaired) electrons. The topological polar surface area (TPSA) is 38.0 Å². The maximum Gasteiger partial charge on any atom is 0.123 e. The molecule has 0 aliphatic rings. The minimum atomic E-state index is -0.249. The van der Waals surface area contributed by atoms with Gasteiger partial charge in [0, 0.05) is 17.3 Å². The van der Waals surface area contributed by atoms with Crippen molar-refractivity contribution >= 4 is 17.3 Å². The molecular formula is C14H14ClFN2. The van der Waals surface area contributed by atoms with Crippen LogP contribution in [0.4, 0.5) is 10.1 Å². The lowest BCUT2D eigenvalue weighted by molar-refractivity contribution is 0.626. The van der Waals surface area contributed by atoms with Crippen LogP contribution in [0.1, 0.15) is 11.6 Å². The van der Waals surface area contributed by atoms with Crippen LogP contribution in [0.5, 0.6) is 0 Å². The summed E-state index contributed by atoms with van der Waals surface area (Å²) in [5.41, 5.74) is 7.62. The van der Waals surface area contributed by atoms with Gasteiger partial charge in [-0.1, -0.05) is 23.7 Å². The lowest BCUT2D eigenvalue weighted by atomic mass is 10.1. The highest BCUT2D eigenvalue weighted by Gasteiger charge is 2.09. The fraction of sp³-hybridized carbons (Fsp3) is 0.143. The lowest BCUT2D eigenvalue weighted by Crippen LogP contribution is -2.20. The Balaban J connectivity index is 2.14. The second-order valence-corrected chi connectivity index (χ2v) is 4.43. The van der Waals surface area contributed by atoms with Gasteiger partial charge >= 0.3 is 0 Å². The molecule has 0 heterocycles. The molecule has 0 spiro atoms. The predicted molar refractivity (Wildman–Crippen MR) is 73.3 cm³/mol. The molecule has 0 saturated carbocycles. The minimum absolute atomic E-state index is 0.0493. The molecule has 94 valence electrons.